The minimum Gasteiger partial charge on any atom is -0.382 e. The molecule has 68 valence electrons. The van der Waals surface area contributed by atoms with Crippen LogP contribution in [-0.4, -0.2) is 20.5 Å². The Balaban J connectivity index is 2.33. The minimum atomic E-state index is -0.709. The molecule has 0 aliphatic heterocycles. The van der Waals surface area contributed by atoms with E-state index in [1.807, 2.05) is 10.8 Å². The van der Waals surface area contributed by atoms with E-state index in [4.69, 9.17) is 0 Å². The third-order valence-corrected chi connectivity index (χ3v) is 3.40. The molecule has 0 amide bonds. The first-order valence-corrected chi connectivity index (χ1v) is 5.28. The molecule has 13 heavy (non-hydrogen) atoms. The Kier molecular flexibility index (Phi) is 2.43. The maximum atomic E-state index is 9.80. The molecule has 0 bridgehead atoms. The second-order valence-corrected chi connectivity index (χ2v) is 4.07. The fourth-order valence-electron chi connectivity index (χ4n) is 0.988. The van der Waals surface area contributed by atoms with Crippen molar-refractivity contribution in [1.82, 2.24) is 15.4 Å². The lowest BCUT2D eigenvalue weighted by atomic mass is 10.1. The van der Waals surface area contributed by atoms with Gasteiger partial charge < -0.3 is 5.11 Å². The molecule has 2 N–H and O–H groups in total. The molecule has 0 saturated heterocycles. The van der Waals surface area contributed by atoms with Crippen LogP contribution in [0.3, 0.4) is 0 Å². The number of nitrogens with zero attached hydrogens (tertiary/aromatic N) is 2. The van der Waals surface area contributed by atoms with Crippen molar-refractivity contribution in [2.24, 2.45) is 0 Å². The maximum absolute atomic E-state index is 9.80. The third-order valence-electron chi connectivity index (χ3n) is 1.65. The Morgan fingerprint density at radius 2 is 2.38 bits per heavy atom. The summed E-state index contributed by atoms with van der Waals surface area (Å²) in [6, 6.07) is 0. The van der Waals surface area contributed by atoms with Crippen molar-refractivity contribution >= 4 is 27.3 Å². The maximum Gasteiger partial charge on any atom is 0.126 e. The van der Waals surface area contributed by atoms with E-state index in [0.29, 0.717) is 5.69 Å². The fourth-order valence-corrected chi connectivity index (χ4v) is 2.52. The highest BCUT2D eigenvalue weighted by molar-refractivity contribution is 9.10. The van der Waals surface area contributed by atoms with Crippen LogP contribution in [0.1, 0.15) is 17.4 Å². The molecule has 0 saturated carbocycles. The van der Waals surface area contributed by atoms with Gasteiger partial charge in [0, 0.05) is 15.4 Å². The molecular weight excluding hydrogens is 254 g/mol. The normalized spacial score (nSPS) is 13.1. The monoisotopic (exact) mass is 259 g/mol. The van der Waals surface area contributed by atoms with Crippen molar-refractivity contribution < 1.29 is 5.11 Å². The van der Waals surface area contributed by atoms with Crippen LogP contribution in [0.25, 0.3) is 0 Å². The molecule has 2 aromatic rings. The molecule has 0 aromatic carbocycles. The summed E-state index contributed by atoms with van der Waals surface area (Å²) >= 11 is 4.87. The number of aliphatic hydroxyl groups is 1. The molecule has 2 rings (SSSR count). The first kappa shape index (κ1) is 8.86. The first-order valence-electron chi connectivity index (χ1n) is 3.54. The van der Waals surface area contributed by atoms with Gasteiger partial charge in [-0.2, -0.15) is 26.7 Å². The minimum absolute atomic E-state index is 0.527. The molecule has 0 aliphatic carbocycles. The zero-order chi connectivity index (χ0) is 9.26. The largest absolute Gasteiger partial charge is 0.382 e. The van der Waals surface area contributed by atoms with Crippen LogP contribution < -0.4 is 0 Å². The van der Waals surface area contributed by atoms with Crippen molar-refractivity contribution in [3.05, 3.63) is 32.7 Å². The number of halogens is 1. The summed E-state index contributed by atoms with van der Waals surface area (Å²) < 4.78 is 0.896. The SMILES string of the molecule is OC(c1cn[nH]n1)c1cscc1Br. The van der Waals surface area contributed by atoms with Gasteiger partial charge in [0.2, 0.25) is 0 Å². The zero-order valence-corrected chi connectivity index (χ0v) is 8.84. The van der Waals surface area contributed by atoms with E-state index in [2.05, 4.69) is 31.3 Å². The molecule has 0 aliphatic rings. The fraction of sp³-hybridized carbons (Fsp3) is 0.143. The summed E-state index contributed by atoms with van der Waals surface area (Å²) in [5, 5.41) is 23.5. The summed E-state index contributed by atoms with van der Waals surface area (Å²) in [7, 11) is 0. The van der Waals surface area contributed by atoms with Crippen molar-refractivity contribution in [2.45, 2.75) is 6.10 Å². The molecule has 4 nitrogen and oxygen atoms in total. The molecule has 1 unspecified atom stereocenters. The molecular formula is C7H6BrN3OS. The predicted octanol–water partition coefficient (Wildman–Crippen LogP) is 1.71. The second kappa shape index (κ2) is 3.57. The van der Waals surface area contributed by atoms with Gasteiger partial charge in [-0.25, -0.2) is 0 Å². The zero-order valence-electron chi connectivity index (χ0n) is 6.44. The van der Waals surface area contributed by atoms with Gasteiger partial charge in [-0.05, 0) is 21.3 Å². The van der Waals surface area contributed by atoms with E-state index in [1.165, 1.54) is 17.5 Å². The number of hydrogen-bond donors (Lipinski definition) is 2. The molecule has 2 heterocycles. The van der Waals surface area contributed by atoms with Crippen LogP contribution in [0, 0.1) is 0 Å². The predicted molar refractivity (Wildman–Crippen MR) is 52.5 cm³/mol. The van der Waals surface area contributed by atoms with Crippen LogP contribution >= 0.6 is 27.3 Å². The number of nitrogens with one attached hydrogen (secondary N) is 1. The lowest BCUT2D eigenvalue weighted by molar-refractivity contribution is 0.215. The van der Waals surface area contributed by atoms with Crippen LogP contribution in [0.5, 0.6) is 0 Å². The Morgan fingerprint density at radius 1 is 1.54 bits per heavy atom. The average molecular weight is 260 g/mol. The van der Waals surface area contributed by atoms with E-state index < -0.39 is 6.10 Å². The molecule has 1 atom stereocenters. The quantitative estimate of drug-likeness (QED) is 0.864. The highest BCUT2D eigenvalue weighted by atomic mass is 79.9. The summed E-state index contributed by atoms with van der Waals surface area (Å²) in [4.78, 5) is 0. The van der Waals surface area contributed by atoms with Gasteiger partial charge >= 0.3 is 0 Å². The van der Waals surface area contributed by atoms with Gasteiger partial charge in [0.25, 0.3) is 0 Å². The van der Waals surface area contributed by atoms with E-state index in [1.54, 1.807) is 0 Å². The number of aromatic nitrogens is 3. The van der Waals surface area contributed by atoms with Gasteiger partial charge in [-0.1, -0.05) is 0 Å². The number of H-pyrrole nitrogens is 1. The molecule has 0 spiro atoms. The Labute approximate surface area is 86.7 Å². The summed E-state index contributed by atoms with van der Waals surface area (Å²) in [5.41, 5.74) is 1.35. The molecule has 2 aromatic heterocycles. The van der Waals surface area contributed by atoms with E-state index in [0.717, 1.165) is 10.0 Å². The highest BCUT2D eigenvalue weighted by Gasteiger charge is 2.16. The smallest absolute Gasteiger partial charge is 0.126 e. The Bertz CT molecular complexity index is 386. The molecule has 6 heteroatoms. The Hall–Kier alpha value is -0.720. The van der Waals surface area contributed by atoms with E-state index >= 15 is 0 Å². The summed E-state index contributed by atoms with van der Waals surface area (Å²) in [5.74, 6) is 0. The average Bonchev–Trinajstić information content (AvgIpc) is 2.72. The van der Waals surface area contributed by atoms with Crippen molar-refractivity contribution in [3.8, 4) is 0 Å². The number of aromatic amines is 1. The van der Waals surface area contributed by atoms with Gasteiger partial charge in [-0.15, -0.1) is 0 Å². The molecule has 0 fully saturated rings. The van der Waals surface area contributed by atoms with E-state index in [-0.39, 0.29) is 0 Å². The van der Waals surface area contributed by atoms with Crippen LogP contribution in [-0.2, 0) is 0 Å². The van der Waals surface area contributed by atoms with Gasteiger partial charge in [0.1, 0.15) is 11.8 Å². The van der Waals surface area contributed by atoms with Gasteiger partial charge in [0.05, 0.1) is 6.20 Å². The Morgan fingerprint density at radius 3 is 2.92 bits per heavy atom. The van der Waals surface area contributed by atoms with Crippen LogP contribution in [0.15, 0.2) is 21.4 Å². The summed E-state index contributed by atoms with van der Waals surface area (Å²) in [6.07, 6.45) is 0.800. The van der Waals surface area contributed by atoms with Crippen molar-refractivity contribution in [2.75, 3.05) is 0 Å². The first-order chi connectivity index (χ1) is 6.29. The van der Waals surface area contributed by atoms with E-state index in [9.17, 15) is 5.11 Å². The molecule has 0 radical (unpaired) electrons. The van der Waals surface area contributed by atoms with Gasteiger partial charge in [0.15, 0.2) is 0 Å². The lowest BCUT2D eigenvalue weighted by Gasteiger charge is -2.04. The number of rotatable bonds is 2. The number of thiophene rings is 1. The van der Waals surface area contributed by atoms with Crippen LogP contribution in [0.4, 0.5) is 0 Å². The van der Waals surface area contributed by atoms with Crippen molar-refractivity contribution in [3.63, 3.8) is 0 Å². The second-order valence-electron chi connectivity index (χ2n) is 2.47. The lowest BCUT2D eigenvalue weighted by Crippen LogP contribution is -1.98. The third kappa shape index (κ3) is 1.65. The van der Waals surface area contributed by atoms with Crippen LogP contribution in [0.2, 0.25) is 0 Å². The summed E-state index contributed by atoms with van der Waals surface area (Å²) in [6.45, 7) is 0. The topological polar surface area (TPSA) is 61.8 Å². The highest BCUT2D eigenvalue weighted by Crippen LogP contribution is 2.29. The standard InChI is InChI=1S/C7H6BrN3OS/c8-5-3-13-2-4(5)7(12)6-1-9-11-10-6/h1-3,7,12H,(H,9,10,11). The van der Waals surface area contributed by atoms with Gasteiger partial charge in [-0.3, -0.25) is 0 Å². The van der Waals surface area contributed by atoms with Crippen molar-refractivity contribution in [1.29, 1.82) is 0 Å². The number of aliphatic hydroxyl groups excluding tert-OH is 1. The number of hydrogen-bond acceptors (Lipinski definition) is 4.